The third-order valence-corrected chi connectivity index (χ3v) is 5.97. The van der Waals surface area contributed by atoms with Gasteiger partial charge in [-0.25, -0.2) is 14.8 Å². The van der Waals surface area contributed by atoms with E-state index in [0.29, 0.717) is 52.8 Å². The number of aromatic nitrogens is 2. The van der Waals surface area contributed by atoms with Gasteiger partial charge in [-0.15, -0.1) is 0 Å². The molecule has 8 nitrogen and oxygen atoms in total. The Balaban J connectivity index is 1.75. The number of amides is 1. The first-order valence-electron chi connectivity index (χ1n) is 11.2. The maximum Gasteiger partial charge on any atom is 0.409 e. The summed E-state index contributed by atoms with van der Waals surface area (Å²) in [5.74, 6) is -0.141. The monoisotopic (exact) mass is 475 g/mol. The summed E-state index contributed by atoms with van der Waals surface area (Å²) in [5, 5.41) is 9.82. The smallest absolute Gasteiger partial charge is 0.409 e. The number of rotatable bonds is 8. The van der Waals surface area contributed by atoms with Crippen molar-refractivity contribution in [1.29, 1.82) is 0 Å². The third-order valence-electron chi connectivity index (χ3n) is 5.73. The van der Waals surface area contributed by atoms with E-state index in [1.54, 1.807) is 31.4 Å². The van der Waals surface area contributed by atoms with Gasteiger partial charge in [0.25, 0.3) is 0 Å². The molecule has 0 aliphatic heterocycles. The zero-order valence-electron chi connectivity index (χ0n) is 19.2. The van der Waals surface area contributed by atoms with E-state index in [0.717, 1.165) is 19.3 Å². The summed E-state index contributed by atoms with van der Waals surface area (Å²) >= 11 is 6.18. The van der Waals surface area contributed by atoms with Crippen molar-refractivity contribution < 1.29 is 24.2 Å². The second-order valence-corrected chi connectivity index (χ2v) is 8.80. The van der Waals surface area contributed by atoms with Gasteiger partial charge >= 0.3 is 12.1 Å². The fourth-order valence-corrected chi connectivity index (χ4v) is 4.13. The molecule has 1 N–H and O–H groups in total. The number of carboxylic acid groups (broad SMARTS) is 1. The second kappa shape index (κ2) is 11.3. The summed E-state index contributed by atoms with van der Waals surface area (Å²) in [4.78, 5) is 34.1. The van der Waals surface area contributed by atoms with Gasteiger partial charge in [-0.2, -0.15) is 0 Å². The normalized spacial score (nSPS) is 17.9. The van der Waals surface area contributed by atoms with Gasteiger partial charge in [0.15, 0.2) is 11.6 Å². The minimum Gasteiger partial charge on any atom is -0.487 e. The van der Waals surface area contributed by atoms with E-state index in [1.165, 1.54) is 4.90 Å². The van der Waals surface area contributed by atoms with Crippen LogP contribution in [0.15, 0.2) is 24.4 Å². The number of hydrogen-bond donors (Lipinski definition) is 1. The first-order chi connectivity index (χ1) is 15.8. The molecule has 1 aliphatic rings. The molecular formula is C24H30ClN3O5. The van der Waals surface area contributed by atoms with Crippen LogP contribution in [0.1, 0.15) is 50.3 Å². The molecule has 1 amide bonds. The molecule has 1 fully saturated rings. The Morgan fingerprint density at radius 1 is 1.30 bits per heavy atom. The number of carbonyl (C=O) groups excluding carboxylic acids is 1. The third kappa shape index (κ3) is 6.57. The Kier molecular flexibility index (Phi) is 8.49. The largest absolute Gasteiger partial charge is 0.487 e. The molecule has 33 heavy (non-hydrogen) atoms. The van der Waals surface area contributed by atoms with E-state index in [-0.39, 0.29) is 18.6 Å². The Bertz CT molecular complexity index is 1000. The first kappa shape index (κ1) is 24.8. The lowest BCUT2D eigenvalue weighted by molar-refractivity contribution is -0.143. The van der Waals surface area contributed by atoms with Gasteiger partial charge in [0.2, 0.25) is 0 Å². The predicted octanol–water partition coefficient (Wildman–Crippen LogP) is 5.11. The Morgan fingerprint density at radius 3 is 2.79 bits per heavy atom. The molecule has 2 atom stereocenters. The molecule has 9 heteroatoms. The summed E-state index contributed by atoms with van der Waals surface area (Å²) in [7, 11) is 1.70. The molecule has 1 aliphatic carbocycles. The van der Waals surface area contributed by atoms with Crippen LogP contribution < -0.4 is 4.74 Å². The van der Waals surface area contributed by atoms with Gasteiger partial charge in [-0.3, -0.25) is 4.79 Å². The van der Waals surface area contributed by atoms with Crippen molar-refractivity contribution in [3.8, 4) is 17.1 Å². The zero-order valence-corrected chi connectivity index (χ0v) is 20.0. The van der Waals surface area contributed by atoms with Crippen molar-refractivity contribution in [1.82, 2.24) is 14.9 Å². The van der Waals surface area contributed by atoms with Crippen LogP contribution in [0.25, 0.3) is 11.4 Å². The minimum atomic E-state index is -0.775. The summed E-state index contributed by atoms with van der Waals surface area (Å²) in [6.07, 6.45) is 4.67. The van der Waals surface area contributed by atoms with Crippen LogP contribution in [0.2, 0.25) is 5.02 Å². The quantitative estimate of drug-likeness (QED) is 0.566. The molecule has 3 rings (SSSR count). The van der Waals surface area contributed by atoms with Crippen LogP contribution in [0.4, 0.5) is 4.79 Å². The number of benzene rings is 1. The highest BCUT2D eigenvalue weighted by atomic mass is 35.5. The lowest BCUT2D eigenvalue weighted by Gasteiger charge is -2.27. The molecule has 1 aromatic heterocycles. The number of ether oxygens (including phenoxy) is 2. The van der Waals surface area contributed by atoms with E-state index < -0.39 is 12.1 Å². The van der Waals surface area contributed by atoms with Gasteiger partial charge in [0.05, 0.1) is 23.9 Å². The average Bonchev–Trinajstić information content (AvgIpc) is 2.79. The minimum absolute atomic E-state index is 0.0437. The molecule has 0 saturated heterocycles. The summed E-state index contributed by atoms with van der Waals surface area (Å²) in [6.45, 7) is 4.47. The van der Waals surface area contributed by atoms with Gasteiger partial charge in [0, 0.05) is 29.7 Å². The number of hydrogen-bond acceptors (Lipinski definition) is 6. The number of carbonyl (C=O) groups is 2. The van der Waals surface area contributed by atoms with E-state index in [9.17, 15) is 14.7 Å². The molecule has 1 saturated carbocycles. The summed E-state index contributed by atoms with van der Waals surface area (Å²) in [5.41, 5.74) is 2.06. The molecule has 0 unspecified atom stereocenters. The van der Waals surface area contributed by atoms with Crippen LogP contribution in [-0.2, 0) is 16.1 Å². The highest BCUT2D eigenvalue weighted by Crippen LogP contribution is 2.30. The number of aryl methyl sites for hydroxylation is 1. The van der Waals surface area contributed by atoms with E-state index >= 15 is 0 Å². The molecule has 1 heterocycles. The molecule has 0 spiro atoms. The molecule has 178 valence electrons. The van der Waals surface area contributed by atoms with Gasteiger partial charge < -0.3 is 19.5 Å². The van der Waals surface area contributed by atoms with Crippen LogP contribution in [-0.4, -0.2) is 51.7 Å². The van der Waals surface area contributed by atoms with Crippen molar-refractivity contribution in [2.24, 2.45) is 5.92 Å². The number of aliphatic carboxylic acids is 1. The van der Waals surface area contributed by atoms with Crippen molar-refractivity contribution in [2.45, 2.75) is 58.7 Å². The zero-order chi connectivity index (χ0) is 24.0. The van der Waals surface area contributed by atoms with E-state index in [4.69, 9.17) is 21.1 Å². The standard InChI is InChI=1S/C24H30ClN3O5/c1-4-10-28(3)24(31)32-14-17-11-18(25)8-9-20(17)22-26-13-21(15(2)27-22)33-19-7-5-6-16(12-19)23(29)30/h8-9,11,13,16,19H,4-7,10,12,14H2,1-3H3,(H,29,30)/t16-,19-/m0/s1. The van der Waals surface area contributed by atoms with E-state index in [2.05, 4.69) is 9.97 Å². The highest BCUT2D eigenvalue weighted by Gasteiger charge is 2.28. The van der Waals surface area contributed by atoms with Crippen molar-refractivity contribution in [2.75, 3.05) is 13.6 Å². The molecule has 0 radical (unpaired) electrons. The number of carboxylic acids is 1. The fraction of sp³-hybridized carbons (Fsp3) is 0.500. The molecule has 2 aromatic rings. The average molecular weight is 476 g/mol. The Morgan fingerprint density at radius 2 is 2.09 bits per heavy atom. The Hall–Kier alpha value is -2.87. The van der Waals surface area contributed by atoms with Crippen LogP contribution in [0.5, 0.6) is 5.75 Å². The van der Waals surface area contributed by atoms with Crippen molar-refractivity contribution >= 4 is 23.7 Å². The first-order valence-corrected chi connectivity index (χ1v) is 11.6. The molecule has 0 bridgehead atoms. The molecular weight excluding hydrogens is 446 g/mol. The van der Waals surface area contributed by atoms with Gasteiger partial charge in [0.1, 0.15) is 6.61 Å². The van der Waals surface area contributed by atoms with Crippen LogP contribution in [0, 0.1) is 12.8 Å². The summed E-state index contributed by atoms with van der Waals surface area (Å²) in [6, 6.07) is 5.28. The van der Waals surface area contributed by atoms with E-state index in [1.807, 2.05) is 13.8 Å². The van der Waals surface area contributed by atoms with Crippen molar-refractivity contribution in [3.63, 3.8) is 0 Å². The SMILES string of the molecule is CCCN(C)C(=O)OCc1cc(Cl)ccc1-c1ncc(O[C@H]2CCC[C@H](C(=O)O)C2)c(C)n1. The van der Waals surface area contributed by atoms with Crippen LogP contribution in [0.3, 0.4) is 0 Å². The predicted molar refractivity (Wildman–Crippen MR) is 124 cm³/mol. The maximum atomic E-state index is 12.2. The number of halogens is 1. The number of nitrogens with zero attached hydrogens (tertiary/aromatic N) is 3. The van der Waals surface area contributed by atoms with Crippen molar-refractivity contribution in [3.05, 3.63) is 40.7 Å². The Labute approximate surface area is 198 Å². The fourth-order valence-electron chi connectivity index (χ4n) is 3.93. The topological polar surface area (TPSA) is 102 Å². The van der Waals surface area contributed by atoms with Gasteiger partial charge in [-0.1, -0.05) is 18.5 Å². The highest BCUT2D eigenvalue weighted by molar-refractivity contribution is 6.30. The lowest BCUT2D eigenvalue weighted by atomic mass is 9.87. The second-order valence-electron chi connectivity index (χ2n) is 8.36. The lowest BCUT2D eigenvalue weighted by Crippen LogP contribution is -2.29. The summed E-state index contributed by atoms with van der Waals surface area (Å²) < 4.78 is 11.5. The molecule has 1 aromatic carbocycles. The van der Waals surface area contributed by atoms with Crippen LogP contribution >= 0.6 is 11.6 Å². The van der Waals surface area contributed by atoms with Gasteiger partial charge in [-0.05, 0) is 57.2 Å². The maximum absolute atomic E-state index is 12.2.